The van der Waals surface area contributed by atoms with Gasteiger partial charge in [-0.15, -0.1) is 0 Å². The third-order valence-corrected chi connectivity index (χ3v) is 1.74. The average molecular weight is 183 g/mol. The minimum absolute atomic E-state index is 0.160. The molecule has 0 amide bonds. The molecule has 0 unspecified atom stereocenters. The van der Waals surface area contributed by atoms with Crippen LogP contribution in [0.25, 0.3) is 0 Å². The van der Waals surface area contributed by atoms with Gasteiger partial charge < -0.3 is 5.73 Å². The van der Waals surface area contributed by atoms with Crippen molar-refractivity contribution in [3.63, 3.8) is 0 Å². The first-order chi connectivity index (χ1) is 6.26. The quantitative estimate of drug-likeness (QED) is 0.763. The summed E-state index contributed by atoms with van der Waals surface area (Å²) in [6.45, 7) is 0.160. The summed E-state index contributed by atoms with van der Waals surface area (Å²) in [7, 11) is 0. The van der Waals surface area contributed by atoms with Gasteiger partial charge in [0.15, 0.2) is 0 Å². The van der Waals surface area contributed by atoms with Gasteiger partial charge >= 0.3 is 0 Å². The first-order valence-corrected chi connectivity index (χ1v) is 3.99. The van der Waals surface area contributed by atoms with E-state index in [-0.39, 0.29) is 12.4 Å². The molecule has 0 fully saturated rings. The van der Waals surface area contributed by atoms with E-state index < -0.39 is 0 Å². The second kappa shape index (κ2) is 4.72. The zero-order chi connectivity index (χ0) is 9.68. The molecule has 1 nitrogen and oxygen atoms in total. The predicted octanol–water partition coefficient (Wildman–Crippen LogP) is 2.18. The number of halogens is 2. The molecule has 1 rings (SSSR count). The van der Waals surface area contributed by atoms with Gasteiger partial charge in [0.2, 0.25) is 0 Å². The van der Waals surface area contributed by atoms with E-state index in [1.54, 1.807) is 12.1 Å². The van der Waals surface area contributed by atoms with Crippen molar-refractivity contribution in [2.45, 2.75) is 6.42 Å². The number of hydrogen-bond donors (Lipinski definition) is 1. The van der Waals surface area contributed by atoms with Crippen LogP contribution >= 0.6 is 0 Å². The van der Waals surface area contributed by atoms with Gasteiger partial charge in [-0.3, -0.25) is 0 Å². The second-order valence-corrected chi connectivity index (χ2v) is 2.78. The summed E-state index contributed by atoms with van der Waals surface area (Å²) >= 11 is 0. The van der Waals surface area contributed by atoms with Crippen molar-refractivity contribution in [2.24, 2.45) is 5.73 Å². The van der Waals surface area contributed by atoms with Gasteiger partial charge in [-0.1, -0.05) is 12.1 Å². The fraction of sp³-hybridized carbons (Fsp3) is 0.200. The molecule has 0 saturated heterocycles. The fourth-order valence-corrected chi connectivity index (χ4v) is 1.06. The minimum atomic E-state index is -0.312. The molecule has 0 aliphatic heterocycles. The van der Waals surface area contributed by atoms with Gasteiger partial charge in [-0.2, -0.15) is 0 Å². The maximum absolute atomic E-state index is 12.7. The lowest BCUT2D eigenvalue weighted by atomic mass is 10.1. The fourth-order valence-electron chi connectivity index (χ4n) is 1.06. The van der Waals surface area contributed by atoms with Gasteiger partial charge in [-0.25, -0.2) is 8.78 Å². The summed E-state index contributed by atoms with van der Waals surface area (Å²) in [4.78, 5) is 0. The summed E-state index contributed by atoms with van der Waals surface area (Å²) in [5.74, 6) is -0.312. The minimum Gasteiger partial charge on any atom is -0.327 e. The summed E-state index contributed by atoms with van der Waals surface area (Å²) in [6, 6.07) is 6.06. The summed E-state index contributed by atoms with van der Waals surface area (Å²) in [6.07, 6.45) is 0.843. The molecule has 0 aliphatic rings. The maximum atomic E-state index is 12.7. The Balaban J connectivity index is 2.74. The van der Waals surface area contributed by atoms with Crippen molar-refractivity contribution in [2.75, 3.05) is 6.54 Å². The van der Waals surface area contributed by atoms with E-state index in [0.29, 0.717) is 18.3 Å². The van der Waals surface area contributed by atoms with E-state index >= 15 is 0 Å². The zero-order valence-electron chi connectivity index (χ0n) is 7.13. The van der Waals surface area contributed by atoms with Crippen molar-refractivity contribution in [1.82, 2.24) is 0 Å². The van der Waals surface area contributed by atoms with Crippen LogP contribution in [0.2, 0.25) is 0 Å². The highest BCUT2D eigenvalue weighted by Crippen LogP contribution is 2.09. The number of benzene rings is 1. The molecule has 0 aromatic heterocycles. The molecular weight excluding hydrogens is 172 g/mol. The highest BCUT2D eigenvalue weighted by atomic mass is 19.1. The third kappa shape index (κ3) is 2.95. The molecule has 0 bridgehead atoms. The van der Waals surface area contributed by atoms with Crippen LogP contribution < -0.4 is 5.73 Å². The zero-order valence-corrected chi connectivity index (χ0v) is 7.13. The third-order valence-electron chi connectivity index (χ3n) is 1.74. The van der Waals surface area contributed by atoms with Gasteiger partial charge in [0.25, 0.3) is 0 Å². The highest BCUT2D eigenvalue weighted by Gasteiger charge is 1.99. The van der Waals surface area contributed by atoms with Crippen LogP contribution in [0.15, 0.2) is 36.2 Å². The summed E-state index contributed by atoms with van der Waals surface area (Å²) in [5.41, 5.74) is 6.46. The van der Waals surface area contributed by atoms with E-state index in [4.69, 9.17) is 5.73 Å². The normalized spacial score (nSPS) is 11.8. The van der Waals surface area contributed by atoms with Gasteiger partial charge in [0.05, 0.1) is 6.33 Å². The highest BCUT2D eigenvalue weighted by molar-refractivity contribution is 5.22. The van der Waals surface area contributed by atoms with Crippen molar-refractivity contribution in [3.8, 4) is 0 Å². The van der Waals surface area contributed by atoms with E-state index in [2.05, 4.69) is 0 Å². The summed E-state index contributed by atoms with van der Waals surface area (Å²) < 4.78 is 24.8. The molecule has 13 heavy (non-hydrogen) atoms. The van der Waals surface area contributed by atoms with E-state index in [9.17, 15) is 8.78 Å². The number of nitrogens with two attached hydrogens (primary N) is 1. The van der Waals surface area contributed by atoms with Crippen LogP contribution in [0.1, 0.15) is 5.56 Å². The molecule has 0 aliphatic carbocycles. The smallest absolute Gasteiger partial charge is 0.123 e. The molecule has 0 heterocycles. The van der Waals surface area contributed by atoms with Crippen molar-refractivity contribution in [3.05, 3.63) is 47.5 Å². The Morgan fingerprint density at radius 3 is 2.77 bits per heavy atom. The largest absolute Gasteiger partial charge is 0.327 e. The lowest BCUT2D eigenvalue weighted by Gasteiger charge is -2.02. The number of hydrogen-bond acceptors (Lipinski definition) is 1. The first-order valence-electron chi connectivity index (χ1n) is 3.99. The summed E-state index contributed by atoms with van der Waals surface area (Å²) in [5, 5.41) is 0. The molecular formula is C10H11F2N. The standard InChI is InChI=1S/C10H11F2N/c11-6-9(7-13)4-8-2-1-3-10(12)5-8/h1-3,5-6H,4,7,13H2/b9-6+. The van der Waals surface area contributed by atoms with Gasteiger partial charge in [0.1, 0.15) is 5.82 Å². The van der Waals surface area contributed by atoms with Gasteiger partial charge in [0, 0.05) is 6.54 Å². The van der Waals surface area contributed by atoms with Crippen molar-refractivity contribution in [1.29, 1.82) is 0 Å². The van der Waals surface area contributed by atoms with E-state index in [0.717, 1.165) is 5.56 Å². The van der Waals surface area contributed by atoms with Crippen LogP contribution in [0, 0.1) is 5.82 Å². The lowest BCUT2D eigenvalue weighted by Crippen LogP contribution is -2.05. The van der Waals surface area contributed by atoms with Crippen LogP contribution in [0.3, 0.4) is 0 Å². The van der Waals surface area contributed by atoms with Crippen LogP contribution in [-0.2, 0) is 6.42 Å². The van der Waals surface area contributed by atoms with E-state index in [1.165, 1.54) is 12.1 Å². The Morgan fingerprint density at radius 1 is 1.46 bits per heavy atom. The molecule has 2 N–H and O–H groups in total. The molecule has 0 spiro atoms. The Hall–Kier alpha value is -1.22. The predicted molar refractivity (Wildman–Crippen MR) is 48.3 cm³/mol. The number of rotatable bonds is 3. The average Bonchev–Trinajstić information content (AvgIpc) is 2.14. The van der Waals surface area contributed by atoms with Crippen molar-refractivity contribution >= 4 is 0 Å². The van der Waals surface area contributed by atoms with Crippen molar-refractivity contribution < 1.29 is 8.78 Å². The Bertz CT molecular complexity index is 308. The Morgan fingerprint density at radius 2 is 2.23 bits per heavy atom. The maximum Gasteiger partial charge on any atom is 0.123 e. The van der Waals surface area contributed by atoms with Gasteiger partial charge in [-0.05, 0) is 29.7 Å². The van der Waals surface area contributed by atoms with Crippen LogP contribution in [0.4, 0.5) is 8.78 Å². The topological polar surface area (TPSA) is 26.0 Å². The monoisotopic (exact) mass is 183 g/mol. The van der Waals surface area contributed by atoms with Crippen LogP contribution in [-0.4, -0.2) is 6.54 Å². The molecule has 3 heteroatoms. The Kier molecular flexibility index (Phi) is 3.58. The second-order valence-electron chi connectivity index (χ2n) is 2.78. The molecule has 1 aromatic carbocycles. The Labute approximate surface area is 75.9 Å². The van der Waals surface area contributed by atoms with Crippen LogP contribution in [0.5, 0.6) is 0 Å². The lowest BCUT2D eigenvalue weighted by molar-refractivity contribution is 0.625. The molecule has 1 aromatic rings. The first kappa shape index (κ1) is 9.86. The SMILES string of the molecule is NC/C(=C/F)Cc1cccc(F)c1. The molecule has 0 radical (unpaired) electrons. The molecule has 70 valence electrons. The molecule has 0 saturated carbocycles. The van der Waals surface area contributed by atoms with E-state index in [1.807, 2.05) is 0 Å². The molecule has 0 atom stereocenters.